The van der Waals surface area contributed by atoms with Crippen LogP contribution >= 0.6 is 0 Å². The second-order valence-electron chi connectivity index (χ2n) is 3.56. The van der Waals surface area contributed by atoms with Gasteiger partial charge in [0.1, 0.15) is 0 Å². The third-order valence-corrected chi connectivity index (χ3v) is 2.62. The van der Waals surface area contributed by atoms with Crippen molar-refractivity contribution in [2.75, 3.05) is 0 Å². The molecule has 0 saturated carbocycles. The summed E-state index contributed by atoms with van der Waals surface area (Å²) in [6.45, 7) is 1.80. The summed E-state index contributed by atoms with van der Waals surface area (Å²) in [6.07, 6.45) is -0.155. The predicted octanol–water partition coefficient (Wildman–Crippen LogP) is 2.71. The molecule has 1 aromatic carbocycles. The van der Waals surface area contributed by atoms with E-state index in [1.54, 1.807) is 25.1 Å². The van der Waals surface area contributed by atoms with Crippen LogP contribution in [0.3, 0.4) is 0 Å². The van der Waals surface area contributed by atoms with E-state index < -0.39 is 11.6 Å². The van der Waals surface area contributed by atoms with Crippen molar-refractivity contribution in [3.8, 4) is 0 Å². The fourth-order valence-corrected chi connectivity index (χ4v) is 1.82. The Morgan fingerprint density at radius 1 is 1.60 bits per heavy atom. The van der Waals surface area contributed by atoms with E-state index >= 15 is 0 Å². The molecular weight excluding hydrogens is 197 g/mol. The van der Waals surface area contributed by atoms with Crippen molar-refractivity contribution in [2.45, 2.75) is 19.1 Å². The zero-order valence-electron chi connectivity index (χ0n) is 8.07. The van der Waals surface area contributed by atoms with Crippen LogP contribution in [0.4, 0.5) is 4.39 Å². The number of rotatable bonds is 1. The molecule has 0 aromatic heterocycles. The first-order valence-corrected chi connectivity index (χ1v) is 4.47. The van der Waals surface area contributed by atoms with Gasteiger partial charge in [0.15, 0.2) is 0 Å². The Morgan fingerprint density at radius 3 is 2.93 bits per heavy atom. The second kappa shape index (κ2) is 3.07. The van der Waals surface area contributed by atoms with Gasteiger partial charge in [0, 0.05) is 16.9 Å². The molecule has 0 aliphatic heterocycles. The predicted molar refractivity (Wildman–Crippen MR) is 52.2 cm³/mol. The first-order valence-electron chi connectivity index (χ1n) is 4.47. The SMILES string of the molecule is Cc1cccc2c1CC(F)(N=[N+]=[N-])C2=O. The molecule has 1 atom stereocenters. The van der Waals surface area contributed by atoms with Gasteiger partial charge in [-0.1, -0.05) is 18.2 Å². The Bertz CT molecular complexity index is 493. The lowest BCUT2D eigenvalue weighted by Crippen LogP contribution is -2.26. The quantitative estimate of drug-likeness (QED) is 0.301. The van der Waals surface area contributed by atoms with Gasteiger partial charge in [-0.05, 0) is 28.7 Å². The lowest BCUT2D eigenvalue weighted by molar-refractivity contribution is 0.0735. The highest BCUT2D eigenvalue weighted by atomic mass is 19.1. The molecule has 0 spiro atoms. The molecule has 5 heteroatoms. The minimum Gasteiger partial charge on any atom is -0.290 e. The van der Waals surface area contributed by atoms with Crippen molar-refractivity contribution in [2.24, 2.45) is 5.11 Å². The third-order valence-electron chi connectivity index (χ3n) is 2.62. The summed E-state index contributed by atoms with van der Waals surface area (Å²) < 4.78 is 13.9. The zero-order valence-corrected chi connectivity index (χ0v) is 8.07. The van der Waals surface area contributed by atoms with Gasteiger partial charge in [-0.2, -0.15) is 0 Å². The summed E-state index contributed by atoms with van der Waals surface area (Å²) >= 11 is 0. The van der Waals surface area contributed by atoms with E-state index in [-0.39, 0.29) is 6.42 Å². The smallest absolute Gasteiger partial charge is 0.255 e. The van der Waals surface area contributed by atoms with Crippen molar-refractivity contribution in [3.05, 3.63) is 45.3 Å². The van der Waals surface area contributed by atoms with Crippen LogP contribution < -0.4 is 0 Å². The van der Waals surface area contributed by atoms with Crippen molar-refractivity contribution in [1.29, 1.82) is 0 Å². The maximum Gasteiger partial charge on any atom is 0.255 e. The third kappa shape index (κ3) is 1.28. The first-order chi connectivity index (χ1) is 7.08. The van der Waals surface area contributed by atoms with E-state index in [0.717, 1.165) is 5.56 Å². The largest absolute Gasteiger partial charge is 0.290 e. The number of hydrogen-bond donors (Lipinski definition) is 0. The molecule has 1 aromatic rings. The lowest BCUT2D eigenvalue weighted by atomic mass is 10.1. The van der Waals surface area contributed by atoms with Gasteiger partial charge >= 0.3 is 0 Å². The van der Waals surface area contributed by atoms with Crippen LogP contribution in [0.1, 0.15) is 21.5 Å². The number of Topliss-reactive ketones (excluding diaryl/α,β-unsaturated/α-hetero) is 1. The van der Waals surface area contributed by atoms with E-state index in [0.29, 0.717) is 11.1 Å². The molecular formula is C10H8FN3O. The number of fused-ring (bicyclic) bond motifs is 1. The van der Waals surface area contributed by atoms with Crippen LogP contribution in [0, 0.1) is 6.92 Å². The highest BCUT2D eigenvalue weighted by Gasteiger charge is 2.46. The van der Waals surface area contributed by atoms with Gasteiger partial charge < -0.3 is 0 Å². The Morgan fingerprint density at radius 2 is 2.33 bits per heavy atom. The van der Waals surface area contributed by atoms with Crippen LogP contribution in [0.25, 0.3) is 10.4 Å². The Hall–Kier alpha value is -1.87. The van der Waals surface area contributed by atoms with Gasteiger partial charge in [-0.3, -0.25) is 4.79 Å². The standard InChI is InChI=1S/C10H8FN3O/c1-6-3-2-4-7-8(6)5-10(11,9(7)15)13-14-12/h2-4H,5H2,1H3. The second-order valence-corrected chi connectivity index (χ2v) is 3.56. The molecule has 0 amide bonds. The molecule has 0 saturated heterocycles. The van der Waals surface area contributed by atoms with Gasteiger partial charge in [-0.25, -0.2) is 4.39 Å². The van der Waals surface area contributed by atoms with Crippen LogP contribution in [-0.4, -0.2) is 11.6 Å². The van der Waals surface area contributed by atoms with Crippen LogP contribution in [-0.2, 0) is 6.42 Å². The molecule has 1 unspecified atom stereocenters. The molecule has 76 valence electrons. The highest BCUT2D eigenvalue weighted by Crippen LogP contribution is 2.35. The molecule has 0 heterocycles. The Kier molecular flexibility index (Phi) is 1.98. The average Bonchev–Trinajstić information content (AvgIpc) is 2.44. The van der Waals surface area contributed by atoms with E-state index in [2.05, 4.69) is 10.0 Å². The molecule has 0 radical (unpaired) electrons. The molecule has 2 rings (SSSR count). The summed E-state index contributed by atoms with van der Waals surface area (Å²) in [5.41, 5.74) is 10.0. The van der Waals surface area contributed by atoms with Crippen molar-refractivity contribution < 1.29 is 9.18 Å². The van der Waals surface area contributed by atoms with E-state index in [4.69, 9.17) is 5.53 Å². The van der Waals surface area contributed by atoms with Gasteiger partial charge in [-0.15, -0.1) is 0 Å². The van der Waals surface area contributed by atoms with Crippen molar-refractivity contribution >= 4 is 5.78 Å². The normalized spacial score (nSPS) is 23.5. The maximum absolute atomic E-state index is 13.9. The fraction of sp³-hybridized carbons (Fsp3) is 0.300. The van der Waals surface area contributed by atoms with Gasteiger partial charge in [0.05, 0.1) is 0 Å². The summed E-state index contributed by atoms with van der Waals surface area (Å²) in [6, 6.07) is 5.04. The number of halogens is 1. The molecule has 0 N–H and O–H groups in total. The van der Waals surface area contributed by atoms with Crippen LogP contribution in [0.5, 0.6) is 0 Å². The number of carbonyl (C=O) groups excluding carboxylic acids is 1. The van der Waals surface area contributed by atoms with Crippen molar-refractivity contribution in [3.63, 3.8) is 0 Å². The highest BCUT2D eigenvalue weighted by molar-refractivity contribution is 6.06. The molecule has 4 nitrogen and oxygen atoms in total. The molecule has 1 aliphatic rings. The average molecular weight is 205 g/mol. The molecule has 0 bridgehead atoms. The van der Waals surface area contributed by atoms with E-state index in [1.165, 1.54) is 0 Å². The number of azide groups is 1. The molecule has 1 aliphatic carbocycles. The number of benzene rings is 1. The van der Waals surface area contributed by atoms with Crippen LogP contribution in [0.2, 0.25) is 0 Å². The Labute approximate surface area is 85.3 Å². The number of ketones is 1. The summed E-state index contributed by atoms with van der Waals surface area (Å²) in [5.74, 6) is -3.16. The summed E-state index contributed by atoms with van der Waals surface area (Å²) in [4.78, 5) is 14.0. The number of nitrogens with zero attached hydrogens (tertiary/aromatic N) is 3. The number of hydrogen-bond acceptors (Lipinski definition) is 2. The lowest BCUT2D eigenvalue weighted by Gasteiger charge is -2.07. The van der Waals surface area contributed by atoms with Gasteiger partial charge in [0.25, 0.3) is 5.79 Å². The molecule has 0 fully saturated rings. The van der Waals surface area contributed by atoms with E-state index in [9.17, 15) is 9.18 Å². The van der Waals surface area contributed by atoms with E-state index in [1.807, 2.05) is 0 Å². The minimum absolute atomic E-state index is 0.155. The number of carbonyl (C=O) groups is 1. The fourth-order valence-electron chi connectivity index (χ4n) is 1.82. The van der Waals surface area contributed by atoms with Gasteiger partial charge in [0.2, 0.25) is 5.78 Å². The topological polar surface area (TPSA) is 65.8 Å². The minimum atomic E-state index is -2.43. The van der Waals surface area contributed by atoms with Crippen molar-refractivity contribution in [1.82, 2.24) is 0 Å². The van der Waals surface area contributed by atoms with Crippen LogP contribution in [0.15, 0.2) is 23.3 Å². The first kappa shape index (κ1) is 9.68. The number of aryl methyl sites for hydroxylation is 1. The summed E-state index contributed by atoms with van der Waals surface area (Å²) in [7, 11) is 0. The monoisotopic (exact) mass is 205 g/mol. The zero-order chi connectivity index (χ0) is 11.1. The number of alkyl halides is 1. The molecule has 15 heavy (non-hydrogen) atoms. The maximum atomic E-state index is 13.9. The Balaban J connectivity index is 2.59. The summed E-state index contributed by atoms with van der Waals surface area (Å²) in [5, 5.41) is 2.96.